The number of nitrogens with zero attached hydrogens (tertiary/aromatic N) is 3. The van der Waals surface area contributed by atoms with Crippen molar-refractivity contribution in [3.05, 3.63) is 72.3 Å². The Labute approximate surface area is 233 Å². The van der Waals surface area contributed by atoms with Crippen molar-refractivity contribution in [1.82, 2.24) is 30.5 Å². The topological polar surface area (TPSA) is 111 Å². The summed E-state index contributed by atoms with van der Waals surface area (Å²) in [7, 11) is 0. The minimum absolute atomic E-state index is 0.0139. The molecule has 6 aromatic rings. The van der Waals surface area contributed by atoms with E-state index in [1.165, 1.54) is 6.07 Å². The number of carbonyl (C=O) groups excluding carboxylic acids is 1. The van der Waals surface area contributed by atoms with Crippen molar-refractivity contribution in [1.29, 1.82) is 0 Å². The van der Waals surface area contributed by atoms with Crippen LogP contribution in [0.5, 0.6) is 0 Å². The highest BCUT2D eigenvalue weighted by atomic mass is 32.1. The van der Waals surface area contributed by atoms with Crippen molar-refractivity contribution in [2.24, 2.45) is 5.92 Å². The second-order valence-electron chi connectivity index (χ2n) is 10.2. The minimum atomic E-state index is -0.208. The van der Waals surface area contributed by atoms with E-state index < -0.39 is 0 Å². The van der Waals surface area contributed by atoms with Crippen LogP contribution in [0.1, 0.15) is 19.3 Å². The molecule has 0 atom stereocenters. The molecular formula is C30H26FN7OS. The van der Waals surface area contributed by atoms with Gasteiger partial charge in [0.1, 0.15) is 0 Å². The molecule has 1 amide bonds. The summed E-state index contributed by atoms with van der Waals surface area (Å²) in [5.41, 5.74) is 6.56. The molecule has 8 nitrogen and oxygen atoms in total. The van der Waals surface area contributed by atoms with Crippen LogP contribution in [0.15, 0.2) is 67.1 Å². The van der Waals surface area contributed by atoms with Gasteiger partial charge in [-0.3, -0.25) is 14.9 Å². The number of hydrogen-bond acceptors (Lipinski definition) is 6. The van der Waals surface area contributed by atoms with Crippen LogP contribution in [0.3, 0.4) is 0 Å². The standard InChI is InChI=1S/C30H26FN7OS/c31-27-5-4-26(40-27)21-2-1-3-24-22(21)13-25(36-24)29-23-12-19(15-34-30(23)38-37-29)18-11-20(16-33-14-18)35-28(39)10-17-6-8-32-9-7-17/h1-5,11-17,32,36H,6-10H2,(H,35,39)(H,34,37,38). The van der Waals surface area contributed by atoms with Gasteiger partial charge in [-0.1, -0.05) is 12.1 Å². The number of aromatic nitrogens is 5. The van der Waals surface area contributed by atoms with E-state index in [0.717, 1.165) is 86.5 Å². The van der Waals surface area contributed by atoms with Crippen molar-refractivity contribution < 1.29 is 9.18 Å². The Bertz CT molecular complexity index is 1850. The third-order valence-corrected chi connectivity index (χ3v) is 8.38. The zero-order valence-corrected chi connectivity index (χ0v) is 22.3. The number of rotatable bonds is 6. The monoisotopic (exact) mass is 551 g/mol. The van der Waals surface area contributed by atoms with Crippen molar-refractivity contribution in [2.75, 3.05) is 18.4 Å². The van der Waals surface area contributed by atoms with E-state index in [-0.39, 0.29) is 11.0 Å². The maximum absolute atomic E-state index is 13.7. The Kier molecular flexibility index (Phi) is 6.33. The number of thiophene rings is 1. The first kappa shape index (κ1) is 24.6. The summed E-state index contributed by atoms with van der Waals surface area (Å²) in [5.74, 6) is 0.427. The number of fused-ring (bicyclic) bond motifs is 2. The molecule has 4 N–H and O–H groups in total. The molecule has 1 fully saturated rings. The molecule has 0 saturated carbocycles. The number of piperidine rings is 1. The molecule has 0 aliphatic carbocycles. The first-order chi connectivity index (χ1) is 19.6. The molecule has 40 heavy (non-hydrogen) atoms. The highest BCUT2D eigenvalue weighted by Gasteiger charge is 2.18. The van der Waals surface area contributed by atoms with Gasteiger partial charge in [0.15, 0.2) is 10.8 Å². The van der Waals surface area contributed by atoms with Crippen LogP contribution < -0.4 is 10.6 Å². The van der Waals surface area contributed by atoms with Gasteiger partial charge >= 0.3 is 0 Å². The Balaban J connectivity index is 1.19. The summed E-state index contributed by atoms with van der Waals surface area (Å²) in [6.07, 6.45) is 7.76. The SMILES string of the molecule is O=C(CC1CCNCC1)Nc1cncc(-c2cnc3n[nH]c(-c4cc5c(-c6ccc(F)s6)cccc5[nH]4)c3c2)c1. The molecule has 1 aliphatic heterocycles. The smallest absolute Gasteiger partial charge is 0.224 e. The molecule has 0 radical (unpaired) electrons. The number of halogens is 1. The number of pyridine rings is 2. The minimum Gasteiger partial charge on any atom is -0.353 e. The van der Waals surface area contributed by atoms with Gasteiger partial charge in [0, 0.05) is 56.7 Å². The fourth-order valence-corrected chi connectivity index (χ4v) is 6.22. The molecule has 7 rings (SSSR count). The van der Waals surface area contributed by atoms with Gasteiger partial charge in [0.05, 0.1) is 23.3 Å². The number of nitrogens with one attached hydrogen (secondary N) is 4. The van der Waals surface area contributed by atoms with Crippen LogP contribution in [0.4, 0.5) is 10.1 Å². The Hall–Kier alpha value is -4.41. The molecule has 1 aromatic carbocycles. The van der Waals surface area contributed by atoms with E-state index in [2.05, 4.69) is 41.8 Å². The molecule has 0 bridgehead atoms. The fourth-order valence-electron chi connectivity index (χ4n) is 5.45. The lowest BCUT2D eigenvalue weighted by Gasteiger charge is -2.21. The van der Waals surface area contributed by atoms with Gasteiger partial charge in [0.2, 0.25) is 5.91 Å². The highest BCUT2D eigenvalue weighted by Crippen LogP contribution is 2.37. The summed E-state index contributed by atoms with van der Waals surface area (Å²) in [6.45, 7) is 1.93. The predicted molar refractivity (Wildman–Crippen MR) is 157 cm³/mol. The Morgan fingerprint density at radius 3 is 2.75 bits per heavy atom. The molecule has 6 heterocycles. The quantitative estimate of drug-likeness (QED) is 0.192. The second-order valence-corrected chi connectivity index (χ2v) is 11.2. The van der Waals surface area contributed by atoms with E-state index in [9.17, 15) is 9.18 Å². The zero-order valence-electron chi connectivity index (χ0n) is 21.5. The Morgan fingerprint density at radius 2 is 1.90 bits per heavy atom. The number of hydrogen-bond donors (Lipinski definition) is 4. The number of carbonyl (C=O) groups is 1. The van der Waals surface area contributed by atoms with Gasteiger partial charge in [-0.25, -0.2) is 4.98 Å². The van der Waals surface area contributed by atoms with Gasteiger partial charge in [-0.2, -0.15) is 9.49 Å². The molecule has 0 unspecified atom stereocenters. The summed E-state index contributed by atoms with van der Waals surface area (Å²) < 4.78 is 13.7. The maximum atomic E-state index is 13.7. The molecule has 1 aliphatic rings. The summed E-state index contributed by atoms with van der Waals surface area (Å²) >= 11 is 1.13. The lowest BCUT2D eigenvalue weighted by Crippen LogP contribution is -2.30. The fraction of sp³-hybridized carbons (Fsp3) is 0.200. The van der Waals surface area contributed by atoms with E-state index in [1.54, 1.807) is 24.7 Å². The number of amides is 1. The molecule has 1 saturated heterocycles. The third kappa shape index (κ3) is 4.76. The van der Waals surface area contributed by atoms with Gasteiger partial charge in [-0.15, -0.1) is 11.3 Å². The number of aromatic amines is 2. The summed E-state index contributed by atoms with van der Waals surface area (Å²) in [4.78, 5) is 26.0. The molecule has 0 spiro atoms. The first-order valence-corrected chi connectivity index (χ1v) is 14.1. The van der Waals surface area contributed by atoms with Crippen LogP contribution in [0.25, 0.3) is 54.9 Å². The normalized spacial score (nSPS) is 14.2. The number of benzene rings is 1. The first-order valence-electron chi connectivity index (χ1n) is 13.3. The zero-order chi connectivity index (χ0) is 27.1. The molecule has 5 aromatic heterocycles. The van der Waals surface area contributed by atoms with Crippen molar-refractivity contribution in [3.8, 4) is 33.0 Å². The summed E-state index contributed by atoms with van der Waals surface area (Å²) in [5, 5.41) is 15.5. The van der Waals surface area contributed by atoms with Crippen molar-refractivity contribution in [2.45, 2.75) is 19.3 Å². The highest BCUT2D eigenvalue weighted by molar-refractivity contribution is 7.14. The van der Waals surface area contributed by atoms with Crippen molar-refractivity contribution >= 4 is 44.9 Å². The van der Waals surface area contributed by atoms with Crippen molar-refractivity contribution in [3.63, 3.8) is 0 Å². The van der Waals surface area contributed by atoms with E-state index >= 15 is 0 Å². The average Bonchev–Trinajstić information content (AvgIpc) is 3.71. The van der Waals surface area contributed by atoms with Gasteiger partial charge < -0.3 is 15.6 Å². The molecule has 10 heteroatoms. The largest absolute Gasteiger partial charge is 0.353 e. The molecule has 200 valence electrons. The lowest BCUT2D eigenvalue weighted by molar-refractivity contribution is -0.117. The third-order valence-electron chi connectivity index (χ3n) is 7.47. The van der Waals surface area contributed by atoms with E-state index in [1.807, 2.05) is 30.3 Å². The van der Waals surface area contributed by atoms with Crippen LogP contribution in [0.2, 0.25) is 0 Å². The van der Waals surface area contributed by atoms with E-state index in [4.69, 9.17) is 0 Å². The van der Waals surface area contributed by atoms with Gasteiger partial charge in [-0.05, 0) is 68.2 Å². The second kappa shape index (κ2) is 10.3. The van der Waals surface area contributed by atoms with Crippen LogP contribution in [-0.2, 0) is 4.79 Å². The summed E-state index contributed by atoms with van der Waals surface area (Å²) in [6, 6.07) is 15.3. The van der Waals surface area contributed by atoms with E-state index in [0.29, 0.717) is 23.7 Å². The predicted octanol–water partition coefficient (Wildman–Crippen LogP) is 6.36. The average molecular weight is 552 g/mol. The number of H-pyrrole nitrogens is 2. The Morgan fingerprint density at radius 1 is 1.02 bits per heavy atom. The van der Waals surface area contributed by atoms with Crippen LogP contribution in [-0.4, -0.2) is 44.1 Å². The number of anilines is 1. The van der Waals surface area contributed by atoms with Crippen LogP contribution >= 0.6 is 11.3 Å². The van der Waals surface area contributed by atoms with Gasteiger partial charge in [0.25, 0.3) is 0 Å². The van der Waals surface area contributed by atoms with Crippen LogP contribution in [0, 0.1) is 11.0 Å². The maximum Gasteiger partial charge on any atom is 0.224 e. The molecular weight excluding hydrogens is 525 g/mol. The lowest BCUT2D eigenvalue weighted by atomic mass is 9.94.